The summed E-state index contributed by atoms with van der Waals surface area (Å²) in [6.45, 7) is 1.96. The molecule has 2 aromatic carbocycles. The Labute approximate surface area is 133 Å². The molecule has 112 valence electrons. The summed E-state index contributed by atoms with van der Waals surface area (Å²) in [5, 5.41) is 3.93. The molecule has 2 rings (SSSR count). The molecule has 0 fully saturated rings. The zero-order chi connectivity index (χ0) is 15.9. The van der Waals surface area contributed by atoms with Crippen LogP contribution in [0.4, 0.5) is 0 Å². The van der Waals surface area contributed by atoms with E-state index >= 15 is 0 Å². The van der Waals surface area contributed by atoms with Crippen LogP contribution in [-0.2, 0) is 0 Å². The molecular weight excluding hydrogens is 298 g/mol. The number of carbonyl (C=O) groups is 1. The number of nitrogens with one attached hydrogen (secondary N) is 1. The van der Waals surface area contributed by atoms with Crippen molar-refractivity contribution in [2.45, 2.75) is 6.92 Å². The molecule has 0 unspecified atom stereocenters. The van der Waals surface area contributed by atoms with E-state index in [1.54, 1.807) is 30.3 Å². The SMILES string of the molecule is Cc1ccc(C(=O)Oc2cccc(/C=N\NC(N)=S)c2)cc1. The lowest BCUT2D eigenvalue weighted by Gasteiger charge is -2.05. The van der Waals surface area contributed by atoms with E-state index in [1.165, 1.54) is 6.21 Å². The summed E-state index contributed by atoms with van der Waals surface area (Å²) in [4.78, 5) is 12.0. The van der Waals surface area contributed by atoms with Crippen LogP contribution in [-0.4, -0.2) is 17.3 Å². The van der Waals surface area contributed by atoms with Crippen molar-refractivity contribution in [1.29, 1.82) is 0 Å². The number of nitrogens with zero attached hydrogens (tertiary/aromatic N) is 1. The Balaban J connectivity index is 2.06. The third-order valence-electron chi connectivity index (χ3n) is 2.74. The minimum absolute atomic E-state index is 0.0817. The van der Waals surface area contributed by atoms with Crippen molar-refractivity contribution in [2.75, 3.05) is 0 Å². The van der Waals surface area contributed by atoms with Crippen molar-refractivity contribution in [3.63, 3.8) is 0 Å². The number of benzene rings is 2. The van der Waals surface area contributed by atoms with Gasteiger partial charge in [-0.3, -0.25) is 5.43 Å². The first kappa shape index (κ1) is 15.7. The van der Waals surface area contributed by atoms with E-state index in [2.05, 4.69) is 22.7 Å². The minimum Gasteiger partial charge on any atom is -0.423 e. The van der Waals surface area contributed by atoms with E-state index in [0.29, 0.717) is 11.3 Å². The summed E-state index contributed by atoms with van der Waals surface area (Å²) in [6.07, 6.45) is 1.53. The molecule has 2 aromatic rings. The quantitative estimate of drug-likeness (QED) is 0.298. The second kappa shape index (κ2) is 7.33. The average molecular weight is 313 g/mol. The second-order valence-electron chi connectivity index (χ2n) is 4.56. The van der Waals surface area contributed by atoms with Gasteiger partial charge in [0.1, 0.15) is 5.75 Å². The maximum atomic E-state index is 12.0. The van der Waals surface area contributed by atoms with Crippen molar-refractivity contribution >= 4 is 29.5 Å². The topological polar surface area (TPSA) is 76.7 Å². The smallest absolute Gasteiger partial charge is 0.343 e. The number of rotatable bonds is 4. The van der Waals surface area contributed by atoms with E-state index in [4.69, 9.17) is 10.5 Å². The lowest BCUT2D eigenvalue weighted by Crippen LogP contribution is -2.23. The Kier molecular flexibility index (Phi) is 5.21. The van der Waals surface area contributed by atoms with Crippen molar-refractivity contribution in [3.8, 4) is 5.75 Å². The number of esters is 1. The molecular formula is C16H15N3O2S. The van der Waals surface area contributed by atoms with Crippen LogP contribution in [0.25, 0.3) is 0 Å². The van der Waals surface area contributed by atoms with Gasteiger partial charge in [-0.05, 0) is 49.0 Å². The molecule has 0 atom stereocenters. The standard InChI is InChI=1S/C16H15N3O2S/c1-11-5-7-13(8-6-11)15(20)21-14-4-2-3-12(9-14)10-18-19-16(17)22/h2-10H,1H3,(H3,17,19,22)/b18-10-. The fourth-order valence-electron chi connectivity index (χ4n) is 1.68. The summed E-state index contributed by atoms with van der Waals surface area (Å²) in [6, 6.07) is 14.2. The Hall–Kier alpha value is -2.73. The third kappa shape index (κ3) is 4.68. The first-order valence-electron chi connectivity index (χ1n) is 6.52. The van der Waals surface area contributed by atoms with Crippen LogP contribution in [0, 0.1) is 6.92 Å². The highest BCUT2D eigenvalue weighted by Crippen LogP contribution is 2.14. The number of hydrogen-bond acceptors (Lipinski definition) is 4. The lowest BCUT2D eigenvalue weighted by molar-refractivity contribution is 0.0735. The number of thiocarbonyl (C=S) groups is 1. The van der Waals surface area contributed by atoms with Gasteiger partial charge in [0, 0.05) is 0 Å². The zero-order valence-electron chi connectivity index (χ0n) is 11.9. The number of ether oxygens (including phenoxy) is 1. The van der Waals surface area contributed by atoms with Crippen LogP contribution < -0.4 is 15.9 Å². The summed E-state index contributed by atoms with van der Waals surface area (Å²) < 4.78 is 5.34. The highest BCUT2D eigenvalue weighted by Gasteiger charge is 2.08. The first-order valence-corrected chi connectivity index (χ1v) is 6.93. The molecule has 0 heterocycles. The molecule has 0 saturated heterocycles. The van der Waals surface area contributed by atoms with Crippen LogP contribution in [0.2, 0.25) is 0 Å². The number of carbonyl (C=O) groups excluding carboxylic acids is 1. The van der Waals surface area contributed by atoms with Gasteiger partial charge in [-0.2, -0.15) is 5.10 Å². The first-order chi connectivity index (χ1) is 10.5. The molecule has 22 heavy (non-hydrogen) atoms. The molecule has 0 aliphatic heterocycles. The van der Waals surface area contributed by atoms with Crippen LogP contribution >= 0.6 is 12.2 Å². The van der Waals surface area contributed by atoms with E-state index in [9.17, 15) is 4.79 Å². The van der Waals surface area contributed by atoms with Gasteiger partial charge in [0.2, 0.25) is 0 Å². The van der Waals surface area contributed by atoms with Gasteiger partial charge in [0.15, 0.2) is 5.11 Å². The molecule has 0 aliphatic carbocycles. The predicted molar refractivity (Wildman–Crippen MR) is 90.1 cm³/mol. The summed E-state index contributed by atoms with van der Waals surface area (Å²) in [5.74, 6) is 0.0280. The fraction of sp³-hybridized carbons (Fsp3) is 0.0625. The van der Waals surface area contributed by atoms with Crippen LogP contribution in [0.15, 0.2) is 53.6 Å². The molecule has 0 spiro atoms. The van der Waals surface area contributed by atoms with Crippen LogP contribution in [0.3, 0.4) is 0 Å². The Morgan fingerprint density at radius 3 is 2.68 bits per heavy atom. The molecule has 6 heteroatoms. The van der Waals surface area contributed by atoms with Crippen molar-refractivity contribution in [1.82, 2.24) is 5.43 Å². The second-order valence-corrected chi connectivity index (χ2v) is 5.00. The van der Waals surface area contributed by atoms with E-state index in [-0.39, 0.29) is 5.11 Å². The van der Waals surface area contributed by atoms with Gasteiger partial charge in [-0.25, -0.2) is 4.79 Å². The highest BCUT2D eigenvalue weighted by atomic mass is 32.1. The molecule has 0 radical (unpaired) electrons. The van der Waals surface area contributed by atoms with Crippen molar-refractivity contribution in [3.05, 3.63) is 65.2 Å². The Morgan fingerprint density at radius 1 is 1.27 bits per heavy atom. The Bertz CT molecular complexity index is 712. The Morgan fingerprint density at radius 2 is 2.00 bits per heavy atom. The maximum Gasteiger partial charge on any atom is 0.343 e. The largest absolute Gasteiger partial charge is 0.423 e. The minimum atomic E-state index is -0.407. The van der Waals surface area contributed by atoms with Crippen molar-refractivity contribution < 1.29 is 9.53 Å². The molecule has 5 nitrogen and oxygen atoms in total. The average Bonchev–Trinajstić information content (AvgIpc) is 2.48. The van der Waals surface area contributed by atoms with Crippen LogP contribution in [0.1, 0.15) is 21.5 Å². The van der Waals surface area contributed by atoms with Crippen molar-refractivity contribution in [2.24, 2.45) is 10.8 Å². The van der Waals surface area contributed by atoms with Gasteiger partial charge in [-0.15, -0.1) is 0 Å². The molecule has 0 amide bonds. The maximum absolute atomic E-state index is 12.0. The fourth-order valence-corrected chi connectivity index (χ4v) is 1.74. The number of hydrogen-bond donors (Lipinski definition) is 2. The summed E-state index contributed by atoms with van der Waals surface area (Å²) in [7, 11) is 0. The van der Waals surface area contributed by atoms with Gasteiger partial charge < -0.3 is 10.5 Å². The monoisotopic (exact) mass is 313 g/mol. The molecule has 0 saturated carbocycles. The molecule has 0 aromatic heterocycles. The third-order valence-corrected chi connectivity index (χ3v) is 2.84. The molecule has 0 aliphatic rings. The number of aryl methyl sites for hydroxylation is 1. The summed E-state index contributed by atoms with van der Waals surface area (Å²) in [5.41, 5.74) is 10.1. The normalized spacial score (nSPS) is 10.4. The van der Waals surface area contributed by atoms with E-state index in [1.807, 2.05) is 25.1 Å². The number of hydrazone groups is 1. The van der Waals surface area contributed by atoms with Gasteiger partial charge in [0.05, 0.1) is 11.8 Å². The zero-order valence-corrected chi connectivity index (χ0v) is 12.8. The van der Waals surface area contributed by atoms with Gasteiger partial charge in [-0.1, -0.05) is 29.8 Å². The van der Waals surface area contributed by atoms with Crippen LogP contribution in [0.5, 0.6) is 5.75 Å². The van der Waals surface area contributed by atoms with E-state index in [0.717, 1.165) is 11.1 Å². The number of nitrogens with two attached hydrogens (primary N) is 1. The summed E-state index contributed by atoms with van der Waals surface area (Å²) >= 11 is 4.64. The van der Waals surface area contributed by atoms with E-state index < -0.39 is 5.97 Å². The molecule has 0 bridgehead atoms. The van der Waals surface area contributed by atoms with Gasteiger partial charge in [0.25, 0.3) is 0 Å². The lowest BCUT2D eigenvalue weighted by atomic mass is 10.1. The van der Waals surface area contributed by atoms with Gasteiger partial charge >= 0.3 is 5.97 Å². The molecule has 3 N–H and O–H groups in total. The highest BCUT2D eigenvalue weighted by molar-refractivity contribution is 7.80. The predicted octanol–water partition coefficient (Wildman–Crippen LogP) is 2.38.